The average molecular weight is 187 g/mol. The molecule has 1 aliphatic carbocycles. The summed E-state index contributed by atoms with van der Waals surface area (Å²) < 4.78 is 0. The van der Waals surface area contributed by atoms with E-state index >= 15 is 0 Å². The molecule has 0 saturated carbocycles. The van der Waals surface area contributed by atoms with E-state index in [1.165, 1.54) is 16.8 Å². The molecule has 1 heterocycles. The van der Waals surface area contributed by atoms with Gasteiger partial charge < -0.3 is 0 Å². The van der Waals surface area contributed by atoms with Crippen LogP contribution in [0.4, 0.5) is 0 Å². The third-order valence-corrected chi connectivity index (χ3v) is 2.11. The second-order valence-corrected chi connectivity index (χ2v) is 2.98. The van der Waals surface area contributed by atoms with E-state index in [1.807, 2.05) is 26.1 Å². The third kappa shape index (κ3) is 2.32. The quantitative estimate of drug-likeness (QED) is 0.604. The minimum Gasteiger partial charge on any atom is -0.260 e. The van der Waals surface area contributed by atoms with Crippen LogP contribution in [0.2, 0.25) is 0 Å². The predicted octanol–water partition coefficient (Wildman–Crippen LogP) is 3.62. The summed E-state index contributed by atoms with van der Waals surface area (Å²) in [5.41, 5.74) is 3.76. The number of fused-ring (bicyclic) bond motifs is 1. The van der Waals surface area contributed by atoms with Gasteiger partial charge in [0.2, 0.25) is 0 Å². The molecule has 1 nitrogen and oxygen atoms in total. The zero-order valence-corrected chi connectivity index (χ0v) is 9.12. The van der Waals surface area contributed by atoms with Crippen LogP contribution >= 0.6 is 0 Å². The molecule has 0 unspecified atom stereocenters. The van der Waals surface area contributed by atoms with Crippen LogP contribution in [0.5, 0.6) is 0 Å². The first-order chi connectivity index (χ1) is 6.88. The zero-order valence-electron chi connectivity index (χ0n) is 9.12. The Morgan fingerprint density at radius 3 is 2.86 bits per heavy atom. The summed E-state index contributed by atoms with van der Waals surface area (Å²) >= 11 is 0. The molecule has 0 spiro atoms. The number of allylic oxidation sites excluding steroid dienone is 4. The highest BCUT2D eigenvalue weighted by Gasteiger charge is 2.04. The van der Waals surface area contributed by atoms with Gasteiger partial charge in [0, 0.05) is 12.6 Å². The van der Waals surface area contributed by atoms with E-state index < -0.39 is 0 Å². The summed E-state index contributed by atoms with van der Waals surface area (Å²) in [4.78, 5) is 4.34. The Balaban J connectivity index is 0.000000461. The molecule has 0 atom stereocenters. The average Bonchev–Trinajstić information content (AvgIpc) is 2.45. The van der Waals surface area contributed by atoms with Gasteiger partial charge in [0.15, 0.2) is 0 Å². The smallest absolute Gasteiger partial charge is 0.0516 e. The number of hydrogen-bond donors (Lipinski definition) is 0. The number of pyridine rings is 1. The lowest BCUT2D eigenvalue weighted by Gasteiger charge is -2.03. The topological polar surface area (TPSA) is 12.9 Å². The monoisotopic (exact) mass is 187 g/mol. The Hall–Kier alpha value is -1.37. The van der Waals surface area contributed by atoms with Gasteiger partial charge in [-0.1, -0.05) is 38.1 Å². The van der Waals surface area contributed by atoms with Gasteiger partial charge in [0.05, 0.1) is 5.69 Å². The Kier molecular flexibility index (Phi) is 4.11. The lowest BCUT2D eigenvalue weighted by molar-refractivity contribution is 1.10. The molecule has 0 amide bonds. The maximum atomic E-state index is 4.34. The van der Waals surface area contributed by atoms with Gasteiger partial charge >= 0.3 is 0 Å². The highest BCUT2D eigenvalue weighted by molar-refractivity contribution is 5.67. The molecule has 0 fully saturated rings. The van der Waals surface area contributed by atoms with Crippen LogP contribution in [0, 0.1) is 0 Å². The van der Waals surface area contributed by atoms with Gasteiger partial charge in [-0.3, -0.25) is 4.98 Å². The van der Waals surface area contributed by atoms with Crippen LogP contribution in [-0.4, -0.2) is 4.98 Å². The summed E-state index contributed by atoms with van der Waals surface area (Å²) in [7, 11) is 0. The van der Waals surface area contributed by atoms with Gasteiger partial charge in [-0.25, -0.2) is 0 Å². The van der Waals surface area contributed by atoms with E-state index in [0.717, 1.165) is 6.42 Å². The van der Waals surface area contributed by atoms with E-state index in [2.05, 4.69) is 36.2 Å². The molecule has 1 aromatic rings. The van der Waals surface area contributed by atoms with E-state index in [9.17, 15) is 0 Å². The minimum atomic E-state index is 0.948. The van der Waals surface area contributed by atoms with Crippen molar-refractivity contribution in [1.82, 2.24) is 4.98 Å². The first-order valence-corrected chi connectivity index (χ1v) is 5.15. The van der Waals surface area contributed by atoms with Crippen molar-refractivity contribution < 1.29 is 0 Å². The third-order valence-electron chi connectivity index (χ3n) is 2.11. The van der Waals surface area contributed by atoms with Crippen LogP contribution in [0.1, 0.15) is 32.0 Å². The normalized spacial score (nSPS) is 13.2. The SMILES string of the molecule is CC.CC1=CC=CCc2ncccc21. The minimum absolute atomic E-state index is 0.948. The molecule has 14 heavy (non-hydrogen) atoms. The van der Waals surface area contributed by atoms with Gasteiger partial charge in [-0.05, 0) is 24.1 Å². The first-order valence-electron chi connectivity index (χ1n) is 5.15. The van der Waals surface area contributed by atoms with Crippen molar-refractivity contribution in [1.29, 1.82) is 0 Å². The first kappa shape index (κ1) is 10.7. The van der Waals surface area contributed by atoms with E-state index in [1.54, 1.807) is 0 Å². The van der Waals surface area contributed by atoms with Gasteiger partial charge in [0.1, 0.15) is 0 Å². The fraction of sp³-hybridized carbons (Fsp3) is 0.308. The molecule has 2 rings (SSSR count). The largest absolute Gasteiger partial charge is 0.260 e. The molecule has 0 saturated heterocycles. The molecule has 0 aromatic carbocycles. The Morgan fingerprint density at radius 1 is 1.29 bits per heavy atom. The predicted molar refractivity (Wildman–Crippen MR) is 62.1 cm³/mol. The van der Waals surface area contributed by atoms with Gasteiger partial charge in [-0.15, -0.1) is 0 Å². The van der Waals surface area contributed by atoms with E-state index in [0.29, 0.717) is 0 Å². The lowest BCUT2D eigenvalue weighted by atomic mass is 10.1. The highest BCUT2D eigenvalue weighted by Crippen LogP contribution is 2.19. The summed E-state index contributed by atoms with van der Waals surface area (Å²) in [6, 6.07) is 4.11. The molecule has 1 aromatic heterocycles. The maximum Gasteiger partial charge on any atom is 0.0516 e. The van der Waals surface area contributed by atoms with Gasteiger partial charge in [0.25, 0.3) is 0 Å². The van der Waals surface area contributed by atoms with Crippen LogP contribution < -0.4 is 0 Å². The highest BCUT2D eigenvalue weighted by atomic mass is 14.7. The number of nitrogens with zero attached hydrogens (tertiary/aromatic N) is 1. The second-order valence-electron chi connectivity index (χ2n) is 2.98. The molecule has 1 heteroatoms. The summed E-state index contributed by atoms with van der Waals surface area (Å²) in [5, 5.41) is 0. The Labute approximate surface area is 86.2 Å². The fourth-order valence-electron chi connectivity index (χ4n) is 1.44. The van der Waals surface area contributed by atoms with Crippen molar-refractivity contribution in [2.45, 2.75) is 27.2 Å². The molecule has 0 N–H and O–H groups in total. The van der Waals surface area contributed by atoms with E-state index in [-0.39, 0.29) is 0 Å². The molecular weight excluding hydrogens is 170 g/mol. The van der Waals surface area contributed by atoms with Crippen molar-refractivity contribution in [2.75, 3.05) is 0 Å². The van der Waals surface area contributed by atoms with Crippen molar-refractivity contribution >= 4 is 5.57 Å². The Bertz CT molecular complexity index is 348. The maximum absolute atomic E-state index is 4.34. The molecule has 74 valence electrons. The van der Waals surface area contributed by atoms with Crippen molar-refractivity contribution in [3.63, 3.8) is 0 Å². The van der Waals surface area contributed by atoms with Crippen molar-refractivity contribution in [2.24, 2.45) is 0 Å². The Morgan fingerprint density at radius 2 is 2.07 bits per heavy atom. The second kappa shape index (κ2) is 5.38. The molecule has 1 aliphatic rings. The van der Waals surface area contributed by atoms with E-state index in [4.69, 9.17) is 0 Å². The zero-order chi connectivity index (χ0) is 10.4. The van der Waals surface area contributed by atoms with Gasteiger partial charge in [-0.2, -0.15) is 0 Å². The summed E-state index contributed by atoms with van der Waals surface area (Å²) in [6.45, 7) is 6.12. The molecule has 0 aliphatic heterocycles. The standard InChI is InChI=1S/C11H11N.C2H6/c1-9-5-2-3-7-11-10(9)6-4-8-12-11;1-2/h2-6,8H,7H2,1H3;1-2H3. The molecule has 0 bridgehead atoms. The summed E-state index contributed by atoms with van der Waals surface area (Å²) in [5.74, 6) is 0. The number of hydrogen-bond acceptors (Lipinski definition) is 1. The lowest BCUT2D eigenvalue weighted by Crippen LogP contribution is -1.92. The summed E-state index contributed by atoms with van der Waals surface area (Å²) in [6.07, 6.45) is 9.17. The van der Waals surface area contributed by atoms with Crippen molar-refractivity contribution in [3.8, 4) is 0 Å². The molecular formula is C13H17N. The van der Waals surface area contributed by atoms with Crippen LogP contribution in [0.3, 0.4) is 0 Å². The fourth-order valence-corrected chi connectivity index (χ4v) is 1.44. The van der Waals surface area contributed by atoms with Crippen LogP contribution in [0.15, 0.2) is 36.6 Å². The van der Waals surface area contributed by atoms with Crippen LogP contribution in [-0.2, 0) is 6.42 Å². The number of rotatable bonds is 0. The molecule has 0 radical (unpaired) electrons. The van der Waals surface area contributed by atoms with Crippen LogP contribution in [0.25, 0.3) is 5.57 Å². The van der Waals surface area contributed by atoms with Crippen molar-refractivity contribution in [3.05, 3.63) is 47.8 Å². The number of aromatic nitrogens is 1.